The third-order valence-corrected chi connectivity index (χ3v) is 4.08. The van der Waals surface area contributed by atoms with Crippen LogP contribution in [0.2, 0.25) is 0 Å². The summed E-state index contributed by atoms with van der Waals surface area (Å²) in [5, 5.41) is 11.2. The fourth-order valence-corrected chi connectivity index (χ4v) is 2.77. The van der Waals surface area contributed by atoms with Crippen LogP contribution in [0.3, 0.4) is 0 Å². The van der Waals surface area contributed by atoms with Crippen molar-refractivity contribution >= 4 is 24.0 Å². The highest BCUT2D eigenvalue weighted by Crippen LogP contribution is 2.23. The Morgan fingerprint density at radius 1 is 1.29 bits per heavy atom. The third-order valence-electron chi connectivity index (χ3n) is 4.08. The number of imide groups is 1. The number of amides is 2. The second kappa shape index (κ2) is 10.3. The molecule has 0 bridgehead atoms. The summed E-state index contributed by atoms with van der Waals surface area (Å²) in [6.07, 6.45) is -0.843. The van der Waals surface area contributed by atoms with E-state index in [4.69, 9.17) is 9.47 Å². The zero-order valence-corrected chi connectivity index (χ0v) is 16.9. The number of esters is 1. The number of nitrogens with one attached hydrogen (secondary N) is 1. The molecule has 0 saturated heterocycles. The van der Waals surface area contributed by atoms with Crippen LogP contribution in [0.15, 0.2) is 11.6 Å². The van der Waals surface area contributed by atoms with Gasteiger partial charge in [-0.15, -0.1) is 0 Å². The predicted octanol–water partition coefficient (Wildman–Crippen LogP) is 2.03. The number of hydrogen-bond acceptors (Lipinski definition) is 7. The summed E-state index contributed by atoms with van der Waals surface area (Å²) in [6.45, 7) is 7.58. The molecule has 0 aliphatic heterocycles. The van der Waals surface area contributed by atoms with Crippen LogP contribution in [-0.4, -0.2) is 49.5 Å². The number of hydrogen-bond donors (Lipinski definition) is 1. The van der Waals surface area contributed by atoms with E-state index in [1.807, 2.05) is 36.7 Å². The van der Waals surface area contributed by atoms with Crippen LogP contribution in [0.5, 0.6) is 0 Å². The number of rotatable bonds is 7. The standard InChI is InChI=1S/C19H25N3O6/c1-11-7-15(13(3)22(11)12(2)10-26-5)8-16(9-20)18(24)28-14(4)17(23)21-19(25)27-6/h7-8,12,14H,10H2,1-6H3,(H,21,23,25)/b16-8+/t12-,14-/m1/s1. The Balaban J connectivity index is 3.02. The molecule has 0 radical (unpaired) electrons. The predicted molar refractivity (Wildman–Crippen MR) is 100 cm³/mol. The van der Waals surface area contributed by atoms with Crippen LogP contribution < -0.4 is 5.32 Å². The van der Waals surface area contributed by atoms with E-state index in [-0.39, 0.29) is 11.6 Å². The van der Waals surface area contributed by atoms with E-state index in [1.54, 1.807) is 13.2 Å². The summed E-state index contributed by atoms with van der Waals surface area (Å²) in [5.41, 5.74) is 2.22. The molecule has 2 amide bonds. The summed E-state index contributed by atoms with van der Waals surface area (Å²) in [7, 11) is 2.71. The van der Waals surface area contributed by atoms with Crippen LogP contribution in [0, 0.1) is 25.2 Å². The van der Waals surface area contributed by atoms with Crippen molar-refractivity contribution in [3.05, 3.63) is 28.6 Å². The molecule has 9 heteroatoms. The van der Waals surface area contributed by atoms with Gasteiger partial charge in [0.1, 0.15) is 11.6 Å². The fourth-order valence-electron chi connectivity index (χ4n) is 2.77. The average Bonchev–Trinajstić information content (AvgIpc) is 2.92. The Hall–Kier alpha value is -3.12. The Morgan fingerprint density at radius 3 is 2.46 bits per heavy atom. The largest absolute Gasteiger partial charge is 0.453 e. The second-order valence-electron chi connectivity index (χ2n) is 6.20. The molecular formula is C19H25N3O6. The maximum atomic E-state index is 12.3. The van der Waals surface area contributed by atoms with E-state index >= 15 is 0 Å². The number of ether oxygens (including phenoxy) is 3. The van der Waals surface area contributed by atoms with Gasteiger partial charge in [-0.3, -0.25) is 10.1 Å². The van der Waals surface area contributed by atoms with Crippen LogP contribution in [-0.2, 0) is 23.8 Å². The van der Waals surface area contributed by atoms with Gasteiger partial charge in [0.15, 0.2) is 6.10 Å². The van der Waals surface area contributed by atoms with Crippen LogP contribution >= 0.6 is 0 Å². The summed E-state index contributed by atoms with van der Waals surface area (Å²) in [5.74, 6) is -1.83. The minimum Gasteiger partial charge on any atom is -0.453 e. The lowest BCUT2D eigenvalue weighted by Gasteiger charge is -2.17. The first-order chi connectivity index (χ1) is 13.2. The van der Waals surface area contributed by atoms with Crippen LogP contribution in [0.25, 0.3) is 6.08 Å². The smallest absolute Gasteiger partial charge is 0.413 e. The van der Waals surface area contributed by atoms with Gasteiger partial charge in [0.25, 0.3) is 5.91 Å². The molecule has 0 aliphatic rings. The molecule has 0 fully saturated rings. The van der Waals surface area contributed by atoms with Gasteiger partial charge in [-0.05, 0) is 45.4 Å². The van der Waals surface area contributed by atoms with Crippen molar-refractivity contribution in [3.63, 3.8) is 0 Å². The maximum absolute atomic E-state index is 12.3. The molecule has 1 rings (SSSR count). The first-order valence-corrected chi connectivity index (χ1v) is 8.55. The number of aryl methyl sites for hydroxylation is 1. The third kappa shape index (κ3) is 5.69. The number of carbonyl (C=O) groups is 3. The first kappa shape index (κ1) is 22.9. The Bertz CT molecular complexity index is 818. The number of nitriles is 1. The molecule has 28 heavy (non-hydrogen) atoms. The van der Waals surface area contributed by atoms with Crippen molar-refractivity contribution in [2.75, 3.05) is 20.8 Å². The zero-order chi connectivity index (χ0) is 21.4. The topological polar surface area (TPSA) is 120 Å². The number of alkyl carbamates (subject to hydrolysis) is 1. The van der Waals surface area contributed by atoms with E-state index in [9.17, 15) is 19.6 Å². The van der Waals surface area contributed by atoms with Crippen molar-refractivity contribution in [2.24, 2.45) is 0 Å². The molecule has 0 spiro atoms. The van der Waals surface area contributed by atoms with Gasteiger partial charge in [-0.2, -0.15) is 5.26 Å². The summed E-state index contributed by atoms with van der Waals surface area (Å²) in [4.78, 5) is 35.0. The average molecular weight is 391 g/mol. The van der Waals surface area contributed by atoms with Crippen LogP contribution in [0.1, 0.15) is 36.8 Å². The second-order valence-corrected chi connectivity index (χ2v) is 6.20. The molecule has 9 nitrogen and oxygen atoms in total. The van der Waals surface area contributed by atoms with Gasteiger partial charge in [0, 0.05) is 18.5 Å². The molecule has 0 aliphatic carbocycles. The summed E-state index contributed by atoms with van der Waals surface area (Å²) >= 11 is 0. The molecule has 1 N–H and O–H groups in total. The number of methoxy groups -OCH3 is 2. The Kier molecular flexibility index (Phi) is 8.41. The minimum absolute atomic E-state index is 0.0756. The van der Waals surface area contributed by atoms with E-state index in [2.05, 4.69) is 4.74 Å². The molecule has 0 aromatic carbocycles. The van der Waals surface area contributed by atoms with Crippen molar-refractivity contribution in [1.82, 2.24) is 9.88 Å². The maximum Gasteiger partial charge on any atom is 0.413 e. The van der Waals surface area contributed by atoms with Gasteiger partial charge in [-0.25, -0.2) is 9.59 Å². The fraction of sp³-hybridized carbons (Fsp3) is 0.474. The van der Waals surface area contributed by atoms with Gasteiger partial charge in [0.05, 0.1) is 19.8 Å². The lowest BCUT2D eigenvalue weighted by molar-refractivity contribution is -0.150. The number of aromatic nitrogens is 1. The van der Waals surface area contributed by atoms with Crippen molar-refractivity contribution in [1.29, 1.82) is 5.26 Å². The summed E-state index contributed by atoms with van der Waals surface area (Å²) < 4.78 is 16.5. The van der Waals surface area contributed by atoms with E-state index < -0.39 is 24.1 Å². The molecule has 2 atom stereocenters. The van der Waals surface area contributed by atoms with Crippen LogP contribution in [0.4, 0.5) is 4.79 Å². The van der Waals surface area contributed by atoms with Gasteiger partial charge < -0.3 is 18.8 Å². The van der Waals surface area contributed by atoms with E-state index in [1.165, 1.54) is 13.0 Å². The number of carbonyl (C=O) groups excluding carboxylic acids is 3. The lowest BCUT2D eigenvalue weighted by Crippen LogP contribution is -2.39. The highest BCUT2D eigenvalue weighted by Gasteiger charge is 2.23. The molecule has 152 valence electrons. The lowest BCUT2D eigenvalue weighted by atomic mass is 10.1. The van der Waals surface area contributed by atoms with E-state index in [0.29, 0.717) is 12.2 Å². The Labute approximate surface area is 163 Å². The normalized spacial score (nSPS) is 13.2. The summed E-state index contributed by atoms with van der Waals surface area (Å²) in [6, 6.07) is 3.71. The van der Waals surface area contributed by atoms with Gasteiger partial charge in [0.2, 0.25) is 0 Å². The molecule has 1 aromatic heterocycles. The molecular weight excluding hydrogens is 366 g/mol. The monoisotopic (exact) mass is 391 g/mol. The highest BCUT2D eigenvalue weighted by atomic mass is 16.6. The Morgan fingerprint density at radius 2 is 1.93 bits per heavy atom. The van der Waals surface area contributed by atoms with Gasteiger partial charge >= 0.3 is 12.1 Å². The van der Waals surface area contributed by atoms with Crippen molar-refractivity contribution in [2.45, 2.75) is 39.8 Å². The molecule has 1 heterocycles. The molecule has 0 unspecified atom stereocenters. The van der Waals surface area contributed by atoms with Gasteiger partial charge in [-0.1, -0.05) is 0 Å². The van der Waals surface area contributed by atoms with Crippen molar-refractivity contribution in [3.8, 4) is 6.07 Å². The van der Waals surface area contributed by atoms with E-state index in [0.717, 1.165) is 18.5 Å². The molecule has 1 aromatic rings. The minimum atomic E-state index is -1.28. The number of nitrogens with zero attached hydrogens (tertiary/aromatic N) is 2. The van der Waals surface area contributed by atoms with Crippen molar-refractivity contribution < 1.29 is 28.6 Å². The SMILES string of the molecule is COC[C@@H](C)n1c(C)cc(/C=C(\C#N)C(=O)O[C@H](C)C(=O)NC(=O)OC)c1C. The quantitative estimate of drug-likeness (QED) is 0.429. The zero-order valence-electron chi connectivity index (χ0n) is 16.9. The highest BCUT2D eigenvalue weighted by molar-refractivity contribution is 6.00. The molecule has 0 saturated carbocycles. The first-order valence-electron chi connectivity index (χ1n) is 8.55.